The van der Waals surface area contributed by atoms with Crippen molar-refractivity contribution in [1.29, 1.82) is 0 Å². The summed E-state index contributed by atoms with van der Waals surface area (Å²) >= 11 is 0. The van der Waals surface area contributed by atoms with Crippen LogP contribution in [0.2, 0.25) is 0 Å². The third kappa shape index (κ3) is 1.57. The summed E-state index contributed by atoms with van der Waals surface area (Å²) in [7, 11) is 0. The fourth-order valence-corrected chi connectivity index (χ4v) is 2.14. The van der Waals surface area contributed by atoms with Crippen LogP contribution in [0.5, 0.6) is 0 Å². The van der Waals surface area contributed by atoms with E-state index in [1.807, 2.05) is 11.6 Å². The van der Waals surface area contributed by atoms with Gasteiger partial charge in [-0.1, -0.05) is 0 Å². The van der Waals surface area contributed by atoms with Gasteiger partial charge in [-0.15, -0.1) is 0 Å². The molecule has 1 aliphatic rings. The second-order valence-corrected chi connectivity index (χ2v) is 5.06. The number of aryl methyl sites for hydroxylation is 1. The summed E-state index contributed by atoms with van der Waals surface area (Å²) in [4.78, 5) is 9.06. The van der Waals surface area contributed by atoms with Gasteiger partial charge in [-0.3, -0.25) is 0 Å². The van der Waals surface area contributed by atoms with E-state index in [4.69, 9.17) is 5.73 Å². The van der Waals surface area contributed by atoms with E-state index in [0.29, 0.717) is 11.7 Å². The Kier molecular flexibility index (Phi) is 2.11. The monoisotopic (exact) mass is 231 g/mol. The van der Waals surface area contributed by atoms with Crippen molar-refractivity contribution in [3.8, 4) is 0 Å². The summed E-state index contributed by atoms with van der Waals surface area (Å²) < 4.78 is 1.94. The first-order chi connectivity index (χ1) is 8.08. The maximum absolute atomic E-state index is 6.03. The molecule has 90 valence electrons. The van der Waals surface area contributed by atoms with Gasteiger partial charge in [0.25, 0.3) is 0 Å². The molecule has 17 heavy (non-hydrogen) atoms. The zero-order valence-electron chi connectivity index (χ0n) is 10.4. The molecule has 0 aliphatic heterocycles. The van der Waals surface area contributed by atoms with E-state index >= 15 is 0 Å². The van der Waals surface area contributed by atoms with Gasteiger partial charge in [0.1, 0.15) is 11.6 Å². The maximum atomic E-state index is 6.03. The molecule has 0 aromatic carbocycles. The summed E-state index contributed by atoms with van der Waals surface area (Å²) in [6, 6.07) is 0.285. The highest BCUT2D eigenvalue weighted by atomic mass is 15.3. The number of aromatic nitrogens is 4. The average molecular weight is 231 g/mol. The van der Waals surface area contributed by atoms with Crippen molar-refractivity contribution in [1.82, 2.24) is 19.7 Å². The highest BCUT2D eigenvalue weighted by Crippen LogP contribution is 2.39. The van der Waals surface area contributed by atoms with Gasteiger partial charge in [0.2, 0.25) is 0 Å². The molecule has 0 amide bonds. The van der Waals surface area contributed by atoms with Crippen LogP contribution in [-0.2, 0) is 0 Å². The molecule has 1 fully saturated rings. The molecule has 1 aliphatic carbocycles. The molecule has 5 nitrogen and oxygen atoms in total. The van der Waals surface area contributed by atoms with Crippen molar-refractivity contribution < 1.29 is 0 Å². The van der Waals surface area contributed by atoms with Gasteiger partial charge in [0.15, 0.2) is 5.65 Å². The number of anilines is 1. The standard InChI is InChI=1S/C12H17N5/c1-6(2)17-12-9(7(3)16-17)10(13)14-11(15-12)8-4-5-8/h6,8H,4-5H2,1-3H3,(H2,13,14,15). The molecule has 2 N–H and O–H groups in total. The minimum atomic E-state index is 0.285. The first kappa shape index (κ1) is 10.5. The topological polar surface area (TPSA) is 69.6 Å². The summed E-state index contributed by atoms with van der Waals surface area (Å²) in [5.74, 6) is 1.97. The van der Waals surface area contributed by atoms with E-state index in [-0.39, 0.29) is 6.04 Å². The molecule has 3 rings (SSSR count). The molecule has 5 heteroatoms. The Labute approximate surface area is 100 Å². The largest absolute Gasteiger partial charge is 0.383 e. The lowest BCUT2D eigenvalue weighted by molar-refractivity contribution is 0.542. The number of hydrogen-bond acceptors (Lipinski definition) is 4. The predicted molar refractivity (Wildman–Crippen MR) is 66.8 cm³/mol. The van der Waals surface area contributed by atoms with Crippen molar-refractivity contribution in [2.24, 2.45) is 0 Å². The number of nitrogens with two attached hydrogens (primary N) is 1. The van der Waals surface area contributed by atoms with E-state index in [0.717, 1.165) is 22.6 Å². The smallest absolute Gasteiger partial charge is 0.164 e. The van der Waals surface area contributed by atoms with Crippen molar-refractivity contribution in [2.75, 3.05) is 5.73 Å². The Morgan fingerprint density at radius 1 is 1.29 bits per heavy atom. The Morgan fingerprint density at radius 2 is 2.00 bits per heavy atom. The summed E-state index contributed by atoms with van der Waals surface area (Å²) in [5.41, 5.74) is 7.82. The number of rotatable bonds is 2. The normalized spacial score (nSPS) is 16.0. The molecular weight excluding hydrogens is 214 g/mol. The highest BCUT2D eigenvalue weighted by molar-refractivity contribution is 5.88. The second-order valence-electron chi connectivity index (χ2n) is 5.06. The second kappa shape index (κ2) is 3.42. The number of nitrogens with zero attached hydrogens (tertiary/aromatic N) is 4. The van der Waals surface area contributed by atoms with Gasteiger partial charge in [-0.2, -0.15) is 5.10 Å². The lowest BCUT2D eigenvalue weighted by atomic mass is 10.3. The van der Waals surface area contributed by atoms with Crippen LogP contribution in [0.1, 0.15) is 50.2 Å². The van der Waals surface area contributed by atoms with Crippen molar-refractivity contribution in [2.45, 2.75) is 45.6 Å². The molecule has 2 aromatic rings. The van der Waals surface area contributed by atoms with E-state index in [1.54, 1.807) is 0 Å². The molecule has 0 bridgehead atoms. The average Bonchev–Trinajstić information content (AvgIpc) is 3.03. The van der Waals surface area contributed by atoms with Gasteiger partial charge in [-0.05, 0) is 33.6 Å². The lowest BCUT2D eigenvalue weighted by Gasteiger charge is -2.07. The minimum Gasteiger partial charge on any atom is -0.383 e. The Balaban J connectivity index is 2.29. The minimum absolute atomic E-state index is 0.285. The summed E-state index contributed by atoms with van der Waals surface area (Å²) in [6.45, 7) is 6.15. The van der Waals surface area contributed by atoms with Crippen LogP contribution < -0.4 is 5.73 Å². The van der Waals surface area contributed by atoms with Crippen LogP contribution in [-0.4, -0.2) is 19.7 Å². The summed E-state index contributed by atoms with van der Waals surface area (Å²) in [5, 5.41) is 5.41. The molecule has 0 radical (unpaired) electrons. The highest BCUT2D eigenvalue weighted by Gasteiger charge is 2.28. The van der Waals surface area contributed by atoms with Gasteiger partial charge in [-0.25, -0.2) is 14.6 Å². The molecule has 1 saturated carbocycles. The quantitative estimate of drug-likeness (QED) is 0.860. The zero-order chi connectivity index (χ0) is 12.2. The van der Waals surface area contributed by atoms with Gasteiger partial charge < -0.3 is 5.73 Å². The van der Waals surface area contributed by atoms with Crippen LogP contribution in [0.15, 0.2) is 0 Å². The van der Waals surface area contributed by atoms with E-state index in [1.165, 1.54) is 12.8 Å². The van der Waals surface area contributed by atoms with Gasteiger partial charge in [0.05, 0.1) is 11.1 Å². The Morgan fingerprint density at radius 3 is 2.59 bits per heavy atom. The van der Waals surface area contributed by atoms with Crippen LogP contribution in [0.3, 0.4) is 0 Å². The molecule has 0 unspecified atom stereocenters. The molecule has 2 aromatic heterocycles. The van der Waals surface area contributed by atoms with Crippen LogP contribution in [0.25, 0.3) is 11.0 Å². The third-order valence-electron chi connectivity index (χ3n) is 3.20. The first-order valence-electron chi connectivity index (χ1n) is 6.10. The van der Waals surface area contributed by atoms with E-state index in [9.17, 15) is 0 Å². The fourth-order valence-electron chi connectivity index (χ4n) is 2.14. The number of fused-ring (bicyclic) bond motifs is 1. The first-order valence-corrected chi connectivity index (χ1v) is 6.10. The molecule has 0 saturated heterocycles. The Hall–Kier alpha value is -1.65. The van der Waals surface area contributed by atoms with E-state index in [2.05, 4.69) is 28.9 Å². The van der Waals surface area contributed by atoms with Crippen LogP contribution in [0, 0.1) is 6.92 Å². The summed E-state index contributed by atoms with van der Waals surface area (Å²) in [6.07, 6.45) is 2.36. The molecular formula is C12H17N5. The fraction of sp³-hybridized carbons (Fsp3) is 0.583. The lowest BCUT2D eigenvalue weighted by Crippen LogP contribution is -2.06. The predicted octanol–water partition coefficient (Wildman–Crippen LogP) is 2.18. The van der Waals surface area contributed by atoms with Crippen molar-refractivity contribution in [3.05, 3.63) is 11.5 Å². The van der Waals surface area contributed by atoms with Crippen LogP contribution >= 0.6 is 0 Å². The van der Waals surface area contributed by atoms with Gasteiger partial charge in [0, 0.05) is 12.0 Å². The van der Waals surface area contributed by atoms with Gasteiger partial charge >= 0.3 is 0 Å². The van der Waals surface area contributed by atoms with E-state index < -0.39 is 0 Å². The number of nitrogen functional groups attached to an aromatic ring is 1. The maximum Gasteiger partial charge on any atom is 0.164 e. The Bertz CT molecular complexity index is 580. The van der Waals surface area contributed by atoms with Crippen molar-refractivity contribution in [3.63, 3.8) is 0 Å². The van der Waals surface area contributed by atoms with Crippen molar-refractivity contribution >= 4 is 16.9 Å². The third-order valence-corrected chi connectivity index (χ3v) is 3.20. The SMILES string of the molecule is Cc1nn(C(C)C)c2nc(C3CC3)nc(N)c12. The molecule has 0 atom stereocenters. The number of hydrogen-bond donors (Lipinski definition) is 1. The molecule has 0 spiro atoms. The zero-order valence-corrected chi connectivity index (χ0v) is 10.4. The molecule has 2 heterocycles. The van der Waals surface area contributed by atoms with Crippen LogP contribution in [0.4, 0.5) is 5.82 Å².